The quantitative estimate of drug-likeness (QED) is 0.0222. The Labute approximate surface area is 619 Å². The summed E-state index contributed by atoms with van der Waals surface area (Å²) in [5.41, 5.74) is 0. The summed E-state index contributed by atoms with van der Waals surface area (Å²) in [7, 11) is -9.92. The van der Waals surface area contributed by atoms with Crippen LogP contribution in [-0.2, 0) is 65.4 Å². The summed E-state index contributed by atoms with van der Waals surface area (Å²) in [5.74, 6) is 0.966. The molecule has 0 heterocycles. The normalized spacial score (nSPS) is 14.3. The predicted molar refractivity (Wildman–Crippen MR) is 414 cm³/mol. The number of hydrogen-bond donors (Lipinski definition) is 3. The Morgan fingerprint density at radius 1 is 0.277 bits per heavy atom. The van der Waals surface area contributed by atoms with Gasteiger partial charge in [-0.25, -0.2) is 9.13 Å². The van der Waals surface area contributed by atoms with E-state index in [0.29, 0.717) is 37.5 Å². The van der Waals surface area contributed by atoms with E-state index in [1.54, 1.807) is 0 Å². The molecule has 0 amide bonds. The molecule has 0 rings (SSSR count). The standard InChI is InChI=1S/C82H160O17P2/c1-9-75(8)61-53-45-37-29-25-21-17-12-10-11-13-19-23-27-31-39-48-56-64-81(86)98-77(69-93-80(85)63-55-47-40-32-35-43-51-59-73(4)5)70-96-100(88,89)94-66-76(83)67-95-101(90,91)97-71-78(99-82(87)65-57-49-41-33-36-44-52-60-74(6)7)68-92-79(84)62-54-46-38-30-26-22-18-15-14-16-20-24-28-34-42-50-58-72(2)3/h72-78,83H,9-71H2,1-8H3,(H,88,89)(H,90,91)/t75?,76?,77-,78-/m1/s1. The molecular formula is C82H160O17P2. The van der Waals surface area contributed by atoms with E-state index in [4.69, 9.17) is 37.0 Å². The van der Waals surface area contributed by atoms with Crippen LogP contribution in [0, 0.1) is 23.7 Å². The molecule has 600 valence electrons. The van der Waals surface area contributed by atoms with Gasteiger partial charge in [-0.3, -0.25) is 37.3 Å². The first-order valence-electron chi connectivity index (χ1n) is 42.2. The Morgan fingerprint density at radius 2 is 0.475 bits per heavy atom. The van der Waals surface area contributed by atoms with Crippen molar-refractivity contribution in [2.75, 3.05) is 39.6 Å². The van der Waals surface area contributed by atoms with Gasteiger partial charge in [-0.15, -0.1) is 0 Å². The summed E-state index contributed by atoms with van der Waals surface area (Å²) < 4.78 is 68.6. The highest BCUT2D eigenvalue weighted by atomic mass is 31.2. The van der Waals surface area contributed by atoms with E-state index >= 15 is 0 Å². The number of unbranched alkanes of at least 4 members (excludes halogenated alkanes) is 44. The van der Waals surface area contributed by atoms with E-state index in [0.717, 1.165) is 108 Å². The van der Waals surface area contributed by atoms with Crippen molar-refractivity contribution >= 4 is 39.5 Å². The van der Waals surface area contributed by atoms with Crippen molar-refractivity contribution in [1.29, 1.82) is 0 Å². The van der Waals surface area contributed by atoms with E-state index in [1.165, 1.54) is 218 Å². The largest absolute Gasteiger partial charge is 0.472 e. The van der Waals surface area contributed by atoms with Crippen molar-refractivity contribution in [3.63, 3.8) is 0 Å². The number of esters is 4. The number of carbonyl (C=O) groups excluding carboxylic acids is 4. The molecule has 0 saturated heterocycles. The number of rotatable bonds is 79. The van der Waals surface area contributed by atoms with Gasteiger partial charge in [0, 0.05) is 25.7 Å². The zero-order chi connectivity index (χ0) is 74.6. The summed E-state index contributed by atoms with van der Waals surface area (Å²) in [6, 6.07) is 0. The lowest BCUT2D eigenvalue weighted by atomic mass is 9.99. The second kappa shape index (κ2) is 71.0. The first kappa shape index (κ1) is 99.1. The monoisotopic (exact) mass is 1480 g/mol. The minimum atomic E-state index is -4.96. The van der Waals surface area contributed by atoms with Crippen LogP contribution in [0.25, 0.3) is 0 Å². The summed E-state index contributed by atoms with van der Waals surface area (Å²) >= 11 is 0. The number of hydrogen-bond acceptors (Lipinski definition) is 15. The molecule has 3 N–H and O–H groups in total. The van der Waals surface area contributed by atoms with Crippen molar-refractivity contribution in [3.05, 3.63) is 0 Å². The van der Waals surface area contributed by atoms with Crippen LogP contribution in [0.15, 0.2) is 0 Å². The number of ether oxygens (including phenoxy) is 4. The minimum Gasteiger partial charge on any atom is -0.462 e. The fourth-order valence-electron chi connectivity index (χ4n) is 12.6. The molecule has 0 aromatic rings. The van der Waals surface area contributed by atoms with E-state index in [1.807, 2.05) is 0 Å². The van der Waals surface area contributed by atoms with Gasteiger partial charge >= 0.3 is 39.5 Å². The van der Waals surface area contributed by atoms with Crippen LogP contribution >= 0.6 is 15.6 Å². The lowest BCUT2D eigenvalue weighted by molar-refractivity contribution is -0.161. The fourth-order valence-corrected chi connectivity index (χ4v) is 14.2. The number of carbonyl (C=O) groups is 4. The minimum absolute atomic E-state index is 0.104. The van der Waals surface area contributed by atoms with Gasteiger partial charge in [-0.05, 0) is 49.4 Å². The molecule has 4 unspecified atom stereocenters. The molecule has 17 nitrogen and oxygen atoms in total. The zero-order valence-electron chi connectivity index (χ0n) is 66.5. The van der Waals surface area contributed by atoms with Gasteiger partial charge in [0.05, 0.1) is 26.4 Å². The Bertz CT molecular complexity index is 1970. The van der Waals surface area contributed by atoms with Gasteiger partial charge in [-0.2, -0.15) is 0 Å². The van der Waals surface area contributed by atoms with E-state index < -0.39 is 97.5 Å². The van der Waals surface area contributed by atoms with Crippen LogP contribution in [0.2, 0.25) is 0 Å². The van der Waals surface area contributed by atoms with Gasteiger partial charge in [0.15, 0.2) is 12.2 Å². The van der Waals surface area contributed by atoms with Gasteiger partial charge in [0.25, 0.3) is 0 Å². The summed E-state index contributed by atoms with van der Waals surface area (Å²) in [4.78, 5) is 72.9. The average Bonchev–Trinajstić information content (AvgIpc) is 0.952. The average molecular weight is 1480 g/mol. The number of phosphoric ester groups is 2. The Balaban J connectivity index is 5.12. The van der Waals surface area contributed by atoms with Crippen molar-refractivity contribution in [1.82, 2.24) is 0 Å². The second-order valence-corrected chi connectivity index (χ2v) is 34.1. The molecule has 19 heteroatoms. The maximum atomic E-state index is 13.1. The van der Waals surface area contributed by atoms with Crippen LogP contribution in [0.4, 0.5) is 0 Å². The fraction of sp³-hybridized carbons (Fsp3) is 0.951. The molecule has 6 atom stereocenters. The van der Waals surface area contributed by atoms with E-state index in [2.05, 4.69) is 55.4 Å². The van der Waals surface area contributed by atoms with Crippen LogP contribution in [0.1, 0.15) is 421 Å². The summed E-state index contributed by atoms with van der Waals surface area (Å²) in [6.45, 7) is 14.2. The summed E-state index contributed by atoms with van der Waals surface area (Å²) in [6.07, 6.45) is 58.6. The van der Waals surface area contributed by atoms with Crippen LogP contribution < -0.4 is 0 Å². The van der Waals surface area contributed by atoms with Gasteiger partial charge in [0.2, 0.25) is 0 Å². The summed E-state index contributed by atoms with van der Waals surface area (Å²) in [5, 5.41) is 10.6. The van der Waals surface area contributed by atoms with Crippen LogP contribution in [0.3, 0.4) is 0 Å². The predicted octanol–water partition coefficient (Wildman–Crippen LogP) is 24.4. The third-order valence-electron chi connectivity index (χ3n) is 19.4. The molecule has 0 radical (unpaired) electrons. The van der Waals surface area contributed by atoms with Crippen molar-refractivity contribution in [2.45, 2.75) is 440 Å². The lowest BCUT2D eigenvalue weighted by Crippen LogP contribution is -2.30. The first-order chi connectivity index (χ1) is 48.6. The second-order valence-electron chi connectivity index (χ2n) is 31.2. The molecule has 0 aromatic carbocycles. The molecule has 101 heavy (non-hydrogen) atoms. The molecule has 0 bridgehead atoms. The highest BCUT2D eigenvalue weighted by molar-refractivity contribution is 7.47. The van der Waals surface area contributed by atoms with E-state index in [-0.39, 0.29) is 25.7 Å². The van der Waals surface area contributed by atoms with Crippen molar-refractivity contribution in [2.24, 2.45) is 23.7 Å². The number of aliphatic hydroxyl groups excluding tert-OH is 1. The molecule has 0 spiro atoms. The molecule has 0 aromatic heterocycles. The van der Waals surface area contributed by atoms with Crippen molar-refractivity contribution in [3.8, 4) is 0 Å². The Kier molecular flexibility index (Phi) is 69.6. The molecule has 0 aliphatic carbocycles. The third-order valence-corrected chi connectivity index (χ3v) is 21.3. The maximum Gasteiger partial charge on any atom is 0.472 e. The Hall–Kier alpha value is -1.94. The van der Waals surface area contributed by atoms with Gasteiger partial charge in [-0.1, -0.05) is 370 Å². The smallest absolute Gasteiger partial charge is 0.462 e. The van der Waals surface area contributed by atoms with Crippen molar-refractivity contribution < 1.29 is 80.2 Å². The lowest BCUT2D eigenvalue weighted by Gasteiger charge is -2.21. The van der Waals surface area contributed by atoms with Gasteiger partial charge < -0.3 is 33.8 Å². The Morgan fingerprint density at radius 3 is 0.703 bits per heavy atom. The van der Waals surface area contributed by atoms with Crippen LogP contribution in [-0.4, -0.2) is 96.7 Å². The molecule has 0 saturated carbocycles. The SMILES string of the molecule is CCC(C)CCCCCCCCCCCCCCCCCCCCC(=O)O[C@H](COC(=O)CCCCCCCCCC(C)C)COP(=O)(O)OCC(O)COP(=O)(O)OC[C@@H](COC(=O)CCCCCCCCCCCCCCCCCCC(C)C)OC(=O)CCCCCCCCCC(C)C. The topological polar surface area (TPSA) is 237 Å². The number of phosphoric acid groups is 2. The highest BCUT2D eigenvalue weighted by Gasteiger charge is 2.30. The molecule has 0 aliphatic rings. The number of aliphatic hydroxyl groups is 1. The third kappa shape index (κ3) is 74.7. The first-order valence-corrected chi connectivity index (χ1v) is 45.2. The van der Waals surface area contributed by atoms with E-state index in [9.17, 15) is 43.2 Å². The maximum absolute atomic E-state index is 13.1. The molecule has 0 fully saturated rings. The van der Waals surface area contributed by atoms with Gasteiger partial charge in [0.1, 0.15) is 19.3 Å². The zero-order valence-corrected chi connectivity index (χ0v) is 68.3. The molecular weight excluding hydrogens is 1320 g/mol. The highest BCUT2D eigenvalue weighted by Crippen LogP contribution is 2.45. The molecule has 0 aliphatic heterocycles. The van der Waals surface area contributed by atoms with Crippen LogP contribution in [0.5, 0.6) is 0 Å².